The first-order chi connectivity index (χ1) is 4.59. The Balaban J connectivity index is 3.73. The van der Waals surface area contributed by atoms with Gasteiger partial charge in [-0.3, -0.25) is 0 Å². The molecule has 0 spiro atoms. The van der Waals surface area contributed by atoms with Gasteiger partial charge in [0.25, 0.3) is 0 Å². The fraction of sp³-hybridized carbons (Fsp3) is 1.00. The van der Waals surface area contributed by atoms with E-state index in [1.807, 2.05) is 14.1 Å². The van der Waals surface area contributed by atoms with E-state index in [1.54, 1.807) is 0 Å². The van der Waals surface area contributed by atoms with E-state index in [2.05, 4.69) is 23.6 Å². The summed E-state index contributed by atoms with van der Waals surface area (Å²) in [6.45, 7) is 4.91. The second kappa shape index (κ2) is 4.66. The first kappa shape index (κ1) is 9.88. The molecule has 62 valence electrons. The van der Waals surface area contributed by atoms with Crippen LogP contribution in [0.1, 0.15) is 13.8 Å². The molecule has 0 amide bonds. The van der Waals surface area contributed by atoms with Crippen molar-refractivity contribution in [2.24, 2.45) is 11.8 Å². The zero-order valence-electron chi connectivity index (χ0n) is 7.29. The molecule has 0 heterocycles. The van der Waals surface area contributed by atoms with Crippen molar-refractivity contribution >= 4 is 0 Å². The lowest BCUT2D eigenvalue weighted by Crippen LogP contribution is -2.37. The lowest BCUT2D eigenvalue weighted by molar-refractivity contribution is 0.0609. The van der Waals surface area contributed by atoms with Gasteiger partial charge in [-0.1, -0.05) is 13.8 Å². The number of likely N-dealkylation sites (N-methyl/N-ethyl adjacent to an activating group) is 1. The molecule has 0 saturated carbocycles. The molecule has 0 radical (unpaired) electrons. The van der Waals surface area contributed by atoms with Gasteiger partial charge in [0.05, 0.1) is 6.61 Å². The van der Waals surface area contributed by atoms with Crippen molar-refractivity contribution in [3.8, 4) is 0 Å². The monoisotopic (exact) mass is 146 g/mol. The van der Waals surface area contributed by atoms with Crippen LogP contribution < -0.4 is 5.90 Å². The summed E-state index contributed by atoms with van der Waals surface area (Å²) in [5.74, 6) is 5.56. The number of nitrogens with zero attached hydrogens (tertiary/aromatic N) is 1. The van der Waals surface area contributed by atoms with Crippen molar-refractivity contribution < 1.29 is 4.84 Å². The van der Waals surface area contributed by atoms with Crippen LogP contribution in [0.15, 0.2) is 0 Å². The summed E-state index contributed by atoms with van der Waals surface area (Å²) in [7, 11) is 4.06. The van der Waals surface area contributed by atoms with Gasteiger partial charge in [-0.2, -0.15) is 0 Å². The van der Waals surface area contributed by atoms with E-state index in [9.17, 15) is 0 Å². The van der Waals surface area contributed by atoms with Crippen molar-refractivity contribution in [3.63, 3.8) is 0 Å². The third-order valence-corrected chi connectivity index (χ3v) is 1.70. The second-order valence-corrected chi connectivity index (χ2v) is 3.11. The van der Waals surface area contributed by atoms with E-state index in [0.717, 1.165) is 0 Å². The van der Waals surface area contributed by atoms with Gasteiger partial charge in [0.1, 0.15) is 0 Å². The van der Waals surface area contributed by atoms with Crippen molar-refractivity contribution in [2.45, 2.75) is 19.9 Å². The predicted molar refractivity (Wildman–Crippen MR) is 42.5 cm³/mol. The Kier molecular flexibility index (Phi) is 4.60. The summed E-state index contributed by atoms with van der Waals surface area (Å²) in [5, 5.41) is 0. The maximum absolute atomic E-state index is 4.98. The maximum atomic E-state index is 4.98. The third-order valence-electron chi connectivity index (χ3n) is 1.70. The Bertz CT molecular complexity index is 75.7. The fourth-order valence-corrected chi connectivity index (χ4v) is 1.04. The van der Waals surface area contributed by atoms with E-state index >= 15 is 0 Å². The number of rotatable bonds is 4. The number of hydrogen-bond acceptors (Lipinski definition) is 3. The van der Waals surface area contributed by atoms with Crippen LogP contribution in [-0.4, -0.2) is 31.6 Å². The third kappa shape index (κ3) is 3.15. The largest absolute Gasteiger partial charge is 0.304 e. The van der Waals surface area contributed by atoms with Gasteiger partial charge in [-0.05, 0) is 20.0 Å². The smallest absolute Gasteiger partial charge is 0.0836 e. The fourth-order valence-electron chi connectivity index (χ4n) is 1.04. The molecule has 0 aromatic rings. The van der Waals surface area contributed by atoms with Crippen LogP contribution in [0.5, 0.6) is 0 Å². The quantitative estimate of drug-likeness (QED) is 0.586. The topological polar surface area (TPSA) is 38.5 Å². The van der Waals surface area contributed by atoms with Gasteiger partial charge in [0.15, 0.2) is 0 Å². The van der Waals surface area contributed by atoms with Gasteiger partial charge >= 0.3 is 0 Å². The highest BCUT2D eigenvalue weighted by Crippen LogP contribution is 2.06. The molecule has 0 aromatic carbocycles. The molecule has 1 atom stereocenters. The van der Waals surface area contributed by atoms with Gasteiger partial charge < -0.3 is 9.74 Å². The zero-order chi connectivity index (χ0) is 8.15. The summed E-state index contributed by atoms with van der Waals surface area (Å²) < 4.78 is 0. The first-order valence-electron chi connectivity index (χ1n) is 3.57. The first-order valence-corrected chi connectivity index (χ1v) is 3.57. The Labute approximate surface area is 63.1 Å². The molecule has 0 saturated heterocycles. The highest BCUT2D eigenvalue weighted by atomic mass is 16.6. The summed E-state index contributed by atoms with van der Waals surface area (Å²) in [6.07, 6.45) is 0. The van der Waals surface area contributed by atoms with Crippen LogP contribution in [-0.2, 0) is 4.84 Å². The molecule has 3 nitrogen and oxygen atoms in total. The van der Waals surface area contributed by atoms with Crippen LogP contribution >= 0.6 is 0 Å². The molecule has 10 heavy (non-hydrogen) atoms. The van der Waals surface area contributed by atoms with E-state index in [1.165, 1.54) is 0 Å². The van der Waals surface area contributed by atoms with Gasteiger partial charge in [-0.15, -0.1) is 0 Å². The van der Waals surface area contributed by atoms with E-state index < -0.39 is 0 Å². The molecule has 0 aliphatic carbocycles. The Hall–Kier alpha value is -0.120. The predicted octanol–water partition coefficient (Wildman–Crippen LogP) is 0.463. The highest BCUT2D eigenvalue weighted by Gasteiger charge is 2.14. The van der Waals surface area contributed by atoms with Crippen LogP contribution in [0.4, 0.5) is 0 Å². The minimum absolute atomic E-state index is 0.421. The van der Waals surface area contributed by atoms with Crippen LogP contribution in [0, 0.1) is 5.92 Å². The van der Waals surface area contributed by atoms with Crippen molar-refractivity contribution in [2.75, 3.05) is 20.7 Å². The number of hydrogen-bond donors (Lipinski definition) is 1. The van der Waals surface area contributed by atoms with Crippen LogP contribution in [0.2, 0.25) is 0 Å². The van der Waals surface area contributed by atoms with Gasteiger partial charge in [0, 0.05) is 6.04 Å². The normalized spacial score (nSPS) is 14.7. The molecule has 0 aliphatic heterocycles. The van der Waals surface area contributed by atoms with Crippen molar-refractivity contribution in [3.05, 3.63) is 0 Å². The second-order valence-electron chi connectivity index (χ2n) is 3.11. The maximum Gasteiger partial charge on any atom is 0.0836 e. The summed E-state index contributed by atoms with van der Waals surface area (Å²) in [6, 6.07) is 0.421. The molecule has 0 fully saturated rings. The molecule has 0 aliphatic rings. The SMILES string of the molecule is CC(C)[C@@H](CON)N(C)C. The average Bonchev–Trinajstić information content (AvgIpc) is 1.81. The number of nitrogens with two attached hydrogens (primary N) is 1. The summed E-state index contributed by atoms with van der Waals surface area (Å²) in [4.78, 5) is 6.71. The van der Waals surface area contributed by atoms with E-state index in [0.29, 0.717) is 18.6 Å². The van der Waals surface area contributed by atoms with Crippen molar-refractivity contribution in [1.82, 2.24) is 4.90 Å². The van der Waals surface area contributed by atoms with Crippen molar-refractivity contribution in [1.29, 1.82) is 0 Å². The summed E-state index contributed by atoms with van der Waals surface area (Å²) in [5.41, 5.74) is 0. The minimum Gasteiger partial charge on any atom is -0.304 e. The minimum atomic E-state index is 0.421. The molecular weight excluding hydrogens is 128 g/mol. The zero-order valence-corrected chi connectivity index (χ0v) is 7.29. The molecule has 0 rings (SSSR count). The molecule has 2 N–H and O–H groups in total. The lowest BCUT2D eigenvalue weighted by Gasteiger charge is -2.26. The standard InChI is InChI=1S/C7H18N2O/c1-6(2)7(5-10-8)9(3)4/h6-7H,5,8H2,1-4H3/t7-/m1/s1. The van der Waals surface area contributed by atoms with E-state index in [-0.39, 0.29) is 0 Å². The molecule has 0 unspecified atom stereocenters. The van der Waals surface area contributed by atoms with Gasteiger partial charge in [-0.25, -0.2) is 5.90 Å². The van der Waals surface area contributed by atoms with E-state index in [4.69, 9.17) is 5.90 Å². The van der Waals surface area contributed by atoms with Crippen LogP contribution in [0.25, 0.3) is 0 Å². The lowest BCUT2D eigenvalue weighted by atomic mass is 10.1. The van der Waals surface area contributed by atoms with Gasteiger partial charge in [0.2, 0.25) is 0 Å². The molecule has 3 heteroatoms. The Morgan fingerprint density at radius 1 is 1.40 bits per heavy atom. The molecular formula is C7H18N2O. The Morgan fingerprint density at radius 3 is 2.00 bits per heavy atom. The van der Waals surface area contributed by atoms with Crippen LogP contribution in [0.3, 0.4) is 0 Å². The summed E-state index contributed by atoms with van der Waals surface area (Å²) >= 11 is 0. The Morgan fingerprint density at radius 2 is 1.90 bits per heavy atom. The molecule has 0 bridgehead atoms. The highest BCUT2D eigenvalue weighted by molar-refractivity contribution is 4.68. The average molecular weight is 146 g/mol. The molecule has 0 aromatic heterocycles.